The zero-order valence-electron chi connectivity index (χ0n) is 7.79. The molecule has 1 nitrogen and oxygen atoms in total. The van der Waals surface area contributed by atoms with Gasteiger partial charge in [-0.2, -0.15) is 0 Å². The summed E-state index contributed by atoms with van der Waals surface area (Å²) in [7, 11) is 2.23. The van der Waals surface area contributed by atoms with Crippen LogP contribution in [0.4, 0.5) is 0 Å². The summed E-state index contributed by atoms with van der Waals surface area (Å²) in [6.45, 7) is 1.11. The van der Waals surface area contributed by atoms with Crippen LogP contribution in [0.15, 0.2) is 15.9 Å². The maximum absolute atomic E-state index is 3.48. The van der Waals surface area contributed by atoms with Gasteiger partial charge in [-0.25, -0.2) is 0 Å². The van der Waals surface area contributed by atoms with Crippen LogP contribution in [0.3, 0.4) is 0 Å². The molecule has 2 rings (SSSR count). The third kappa shape index (κ3) is 2.33. The number of halogens is 1. The summed E-state index contributed by atoms with van der Waals surface area (Å²) in [6.07, 6.45) is 4.20. The lowest BCUT2D eigenvalue weighted by atomic mass is 9.92. The number of nitrogens with zero attached hydrogens (tertiary/aromatic N) is 1. The largest absolute Gasteiger partial charge is 0.298 e. The Balaban J connectivity index is 1.89. The van der Waals surface area contributed by atoms with E-state index in [4.69, 9.17) is 0 Å². The lowest BCUT2D eigenvalue weighted by Crippen LogP contribution is -2.36. The molecule has 0 aliphatic heterocycles. The van der Waals surface area contributed by atoms with E-state index in [-0.39, 0.29) is 0 Å². The molecule has 1 heterocycles. The summed E-state index contributed by atoms with van der Waals surface area (Å²) < 4.78 is 1.22. The third-order valence-electron chi connectivity index (χ3n) is 2.73. The first-order chi connectivity index (χ1) is 6.25. The Kier molecular flexibility index (Phi) is 3.06. The molecule has 1 aliphatic carbocycles. The standard InChI is InChI=1S/C10H14BrNS/c1-12(9-3-2-4-9)6-10-5-8(11)7-13-10/h5,7,9H,2-4,6H2,1H3. The Bertz CT molecular complexity index is 280. The van der Waals surface area contributed by atoms with Crippen LogP contribution in [0, 0.1) is 0 Å². The van der Waals surface area contributed by atoms with E-state index in [0.29, 0.717) is 0 Å². The summed E-state index contributed by atoms with van der Waals surface area (Å²) in [4.78, 5) is 3.93. The Labute approximate surface area is 91.9 Å². The van der Waals surface area contributed by atoms with Crippen molar-refractivity contribution >= 4 is 27.3 Å². The van der Waals surface area contributed by atoms with Gasteiger partial charge < -0.3 is 0 Å². The van der Waals surface area contributed by atoms with Crippen LogP contribution < -0.4 is 0 Å². The highest BCUT2D eigenvalue weighted by Crippen LogP contribution is 2.27. The van der Waals surface area contributed by atoms with Gasteiger partial charge in [0.15, 0.2) is 0 Å². The van der Waals surface area contributed by atoms with Crippen molar-refractivity contribution in [1.29, 1.82) is 0 Å². The first-order valence-corrected chi connectivity index (χ1v) is 6.36. The van der Waals surface area contributed by atoms with E-state index >= 15 is 0 Å². The van der Waals surface area contributed by atoms with E-state index in [2.05, 4.69) is 39.3 Å². The second-order valence-corrected chi connectivity index (χ2v) is 5.64. The van der Waals surface area contributed by atoms with E-state index in [9.17, 15) is 0 Å². The zero-order chi connectivity index (χ0) is 9.26. The predicted octanol–water partition coefficient (Wildman–Crippen LogP) is 3.49. The molecule has 13 heavy (non-hydrogen) atoms. The number of thiophene rings is 1. The van der Waals surface area contributed by atoms with Gasteiger partial charge >= 0.3 is 0 Å². The maximum Gasteiger partial charge on any atom is 0.0328 e. The van der Waals surface area contributed by atoms with Crippen LogP contribution >= 0.6 is 27.3 Å². The molecule has 0 bridgehead atoms. The molecule has 0 saturated heterocycles. The molecule has 3 heteroatoms. The van der Waals surface area contributed by atoms with Gasteiger partial charge in [-0.05, 0) is 41.9 Å². The molecule has 0 amide bonds. The van der Waals surface area contributed by atoms with Crippen molar-refractivity contribution < 1.29 is 0 Å². The SMILES string of the molecule is CN(Cc1cc(Br)cs1)C1CCC1. The minimum Gasteiger partial charge on any atom is -0.298 e. The topological polar surface area (TPSA) is 3.24 Å². The molecule has 1 aliphatic rings. The molecule has 0 unspecified atom stereocenters. The number of hydrogen-bond donors (Lipinski definition) is 0. The number of rotatable bonds is 3. The second kappa shape index (κ2) is 4.11. The fourth-order valence-corrected chi connectivity index (χ4v) is 3.15. The normalized spacial score (nSPS) is 17.8. The van der Waals surface area contributed by atoms with Gasteiger partial charge in [0.05, 0.1) is 0 Å². The highest BCUT2D eigenvalue weighted by Gasteiger charge is 2.21. The Morgan fingerprint density at radius 2 is 2.38 bits per heavy atom. The molecule has 1 aromatic heterocycles. The molecular weight excluding hydrogens is 246 g/mol. The van der Waals surface area contributed by atoms with Gasteiger partial charge in [0.25, 0.3) is 0 Å². The van der Waals surface area contributed by atoms with Gasteiger partial charge in [-0.1, -0.05) is 6.42 Å². The molecule has 1 fully saturated rings. The van der Waals surface area contributed by atoms with Crippen LogP contribution in [-0.2, 0) is 6.54 Å². The van der Waals surface area contributed by atoms with E-state index < -0.39 is 0 Å². The minimum atomic E-state index is 0.848. The lowest BCUT2D eigenvalue weighted by Gasteiger charge is -2.34. The van der Waals surface area contributed by atoms with E-state index in [0.717, 1.165) is 12.6 Å². The smallest absolute Gasteiger partial charge is 0.0328 e. The quantitative estimate of drug-likeness (QED) is 0.804. The van der Waals surface area contributed by atoms with Crippen molar-refractivity contribution in [2.45, 2.75) is 31.8 Å². The highest BCUT2D eigenvalue weighted by molar-refractivity contribution is 9.10. The van der Waals surface area contributed by atoms with Crippen LogP contribution in [-0.4, -0.2) is 18.0 Å². The van der Waals surface area contributed by atoms with E-state index in [1.54, 1.807) is 0 Å². The van der Waals surface area contributed by atoms with E-state index in [1.807, 2.05) is 11.3 Å². The fourth-order valence-electron chi connectivity index (χ4n) is 1.64. The first kappa shape index (κ1) is 9.69. The fraction of sp³-hybridized carbons (Fsp3) is 0.600. The molecule has 1 saturated carbocycles. The average molecular weight is 260 g/mol. The Morgan fingerprint density at radius 3 is 2.85 bits per heavy atom. The molecule has 0 spiro atoms. The number of hydrogen-bond acceptors (Lipinski definition) is 2. The molecule has 72 valence electrons. The van der Waals surface area contributed by atoms with Gasteiger partial charge in [0, 0.05) is 27.3 Å². The van der Waals surface area contributed by atoms with Crippen LogP contribution in [0.2, 0.25) is 0 Å². The molecule has 0 radical (unpaired) electrons. The first-order valence-electron chi connectivity index (χ1n) is 4.69. The average Bonchev–Trinajstić information content (AvgIpc) is 2.31. The van der Waals surface area contributed by atoms with Gasteiger partial charge in [-0.15, -0.1) is 11.3 Å². The second-order valence-electron chi connectivity index (χ2n) is 3.73. The predicted molar refractivity (Wildman–Crippen MR) is 61.1 cm³/mol. The van der Waals surface area contributed by atoms with Crippen LogP contribution in [0.1, 0.15) is 24.1 Å². The summed E-state index contributed by atoms with van der Waals surface area (Å²) in [5, 5.41) is 2.16. The van der Waals surface area contributed by atoms with Crippen molar-refractivity contribution in [2.75, 3.05) is 7.05 Å². The molecule has 1 aromatic rings. The summed E-state index contributed by atoms with van der Waals surface area (Å²) in [5.74, 6) is 0. The Hall–Kier alpha value is 0.140. The monoisotopic (exact) mass is 259 g/mol. The van der Waals surface area contributed by atoms with Crippen molar-refractivity contribution in [3.05, 3.63) is 20.8 Å². The van der Waals surface area contributed by atoms with Gasteiger partial charge in [0.2, 0.25) is 0 Å². The van der Waals surface area contributed by atoms with Crippen molar-refractivity contribution in [2.24, 2.45) is 0 Å². The lowest BCUT2D eigenvalue weighted by molar-refractivity contribution is 0.154. The van der Waals surface area contributed by atoms with Crippen molar-refractivity contribution in [3.63, 3.8) is 0 Å². The molecule has 0 N–H and O–H groups in total. The summed E-state index contributed by atoms with van der Waals surface area (Å²) in [6, 6.07) is 3.07. The van der Waals surface area contributed by atoms with Crippen molar-refractivity contribution in [3.8, 4) is 0 Å². The third-order valence-corrected chi connectivity index (χ3v) is 4.41. The summed E-state index contributed by atoms with van der Waals surface area (Å²) in [5.41, 5.74) is 0. The molecule has 0 aromatic carbocycles. The van der Waals surface area contributed by atoms with Crippen LogP contribution in [0.25, 0.3) is 0 Å². The highest BCUT2D eigenvalue weighted by atomic mass is 79.9. The van der Waals surface area contributed by atoms with Gasteiger partial charge in [0.1, 0.15) is 0 Å². The van der Waals surface area contributed by atoms with Crippen LogP contribution in [0.5, 0.6) is 0 Å². The molecule has 0 atom stereocenters. The van der Waals surface area contributed by atoms with Gasteiger partial charge in [-0.3, -0.25) is 4.90 Å². The minimum absolute atomic E-state index is 0.848. The molecular formula is C10H14BrNS. The summed E-state index contributed by atoms with van der Waals surface area (Å²) >= 11 is 5.32. The van der Waals surface area contributed by atoms with E-state index in [1.165, 1.54) is 28.6 Å². The zero-order valence-corrected chi connectivity index (χ0v) is 10.2. The Morgan fingerprint density at radius 1 is 1.62 bits per heavy atom. The maximum atomic E-state index is 3.48. The van der Waals surface area contributed by atoms with Crippen molar-refractivity contribution in [1.82, 2.24) is 4.90 Å².